The molecule has 3 heteroatoms. The van der Waals surface area contributed by atoms with Gasteiger partial charge < -0.3 is 9.84 Å². The Hall–Kier alpha value is -2.91. The summed E-state index contributed by atoms with van der Waals surface area (Å²) in [6.45, 7) is 0.803. The predicted molar refractivity (Wildman–Crippen MR) is 141 cm³/mol. The van der Waals surface area contributed by atoms with Crippen molar-refractivity contribution in [1.29, 1.82) is 0 Å². The number of carbonyl (C=O) groups excluding carboxylic acids is 1. The molecule has 3 aromatic carbocycles. The Kier molecular flexibility index (Phi) is 11.4. The minimum atomic E-state index is -0.245. The fraction of sp³-hybridized carbons (Fsp3) is 0.387. The summed E-state index contributed by atoms with van der Waals surface area (Å²) < 4.78 is 5.49. The van der Waals surface area contributed by atoms with E-state index in [9.17, 15) is 4.79 Å². The first-order valence-electron chi connectivity index (χ1n) is 12.8. The molecule has 0 saturated heterocycles. The summed E-state index contributed by atoms with van der Waals surface area (Å²) in [4.78, 5) is 12.4. The quantitative estimate of drug-likeness (QED) is 0.185. The summed E-state index contributed by atoms with van der Waals surface area (Å²) in [6, 6.07) is 26.4. The first kappa shape index (κ1) is 25.7. The number of ether oxygens (including phenoxy) is 1. The molecular weight excluding hydrogens is 420 g/mol. The molecule has 0 atom stereocenters. The lowest BCUT2D eigenvalue weighted by Gasteiger charge is -2.11. The van der Waals surface area contributed by atoms with E-state index in [-0.39, 0.29) is 5.97 Å². The lowest BCUT2D eigenvalue weighted by atomic mass is 9.94. The van der Waals surface area contributed by atoms with Gasteiger partial charge in [-0.25, -0.2) is 4.79 Å². The second kappa shape index (κ2) is 15.1. The van der Waals surface area contributed by atoms with E-state index in [0.29, 0.717) is 18.8 Å². The Morgan fingerprint density at radius 2 is 1.03 bits per heavy atom. The first-order chi connectivity index (χ1) is 16.8. The van der Waals surface area contributed by atoms with Crippen molar-refractivity contribution in [1.82, 2.24) is 0 Å². The number of carbonyl (C=O) groups is 1. The summed E-state index contributed by atoms with van der Waals surface area (Å²) in [5.74, 6) is -0.245. The van der Waals surface area contributed by atoms with Gasteiger partial charge in [0, 0.05) is 6.61 Å². The van der Waals surface area contributed by atoms with Crippen LogP contribution >= 0.6 is 0 Å². The van der Waals surface area contributed by atoms with Gasteiger partial charge in [-0.15, -0.1) is 0 Å². The number of hydrogen-bond acceptors (Lipinski definition) is 3. The molecular formula is C31H38O3. The van der Waals surface area contributed by atoms with E-state index in [0.717, 1.165) is 36.8 Å². The largest absolute Gasteiger partial charge is 0.462 e. The molecule has 0 fully saturated rings. The third-order valence-electron chi connectivity index (χ3n) is 6.23. The molecule has 0 aliphatic rings. The Morgan fingerprint density at radius 3 is 1.59 bits per heavy atom. The summed E-state index contributed by atoms with van der Waals surface area (Å²) in [6.07, 6.45) is 11.6. The molecule has 0 aliphatic heterocycles. The van der Waals surface area contributed by atoms with E-state index in [2.05, 4.69) is 30.3 Å². The molecule has 0 bridgehead atoms. The van der Waals surface area contributed by atoms with Gasteiger partial charge in [-0.05, 0) is 47.2 Å². The van der Waals surface area contributed by atoms with Crippen LogP contribution in [-0.2, 0) is 4.74 Å². The highest BCUT2D eigenvalue weighted by Gasteiger charge is 2.10. The highest BCUT2D eigenvalue weighted by molar-refractivity contribution is 5.91. The van der Waals surface area contributed by atoms with Gasteiger partial charge in [-0.2, -0.15) is 0 Å². The van der Waals surface area contributed by atoms with Crippen LogP contribution in [-0.4, -0.2) is 24.3 Å². The smallest absolute Gasteiger partial charge is 0.338 e. The van der Waals surface area contributed by atoms with E-state index in [1.54, 1.807) is 0 Å². The minimum absolute atomic E-state index is 0.245. The number of aliphatic hydroxyl groups excluding tert-OH is 1. The van der Waals surface area contributed by atoms with Crippen molar-refractivity contribution in [3.8, 4) is 22.3 Å². The topological polar surface area (TPSA) is 46.5 Å². The van der Waals surface area contributed by atoms with Crippen molar-refractivity contribution in [2.75, 3.05) is 13.2 Å². The van der Waals surface area contributed by atoms with Gasteiger partial charge in [0.25, 0.3) is 0 Å². The Labute approximate surface area is 204 Å². The molecule has 0 radical (unpaired) electrons. The molecule has 0 saturated carbocycles. The molecule has 3 nitrogen and oxygen atoms in total. The van der Waals surface area contributed by atoms with Crippen molar-refractivity contribution in [3.05, 3.63) is 84.4 Å². The molecule has 180 valence electrons. The summed E-state index contributed by atoms with van der Waals surface area (Å²) in [5.41, 5.74) is 5.20. The number of unbranched alkanes of at least 4 members (excludes halogenated alkanes) is 9. The molecule has 0 unspecified atom stereocenters. The van der Waals surface area contributed by atoms with Crippen LogP contribution in [0.25, 0.3) is 22.3 Å². The molecule has 3 aromatic rings. The fourth-order valence-corrected chi connectivity index (χ4v) is 4.27. The zero-order chi connectivity index (χ0) is 23.8. The van der Waals surface area contributed by atoms with Gasteiger partial charge in [-0.3, -0.25) is 0 Å². The van der Waals surface area contributed by atoms with Crippen molar-refractivity contribution < 1.29 is 14.6 Å². The first-order valence-corrected chi connectivity index (χ1v) is 12.8. The predicted octanol–water partition coefficient (Wildman–Crippen LogP) is 8.07. The maximum Gasteiger partial charge on any atom is 0.338 e. The second-order valence-electron chi connectivity index (χ2n) is 8.88. The van der Waals surface area contributed by atoms with Crippen LogP contribution in [0.2, 0.25) is 0 Å². The Balaban J connectivity index is 1.38. The number of benzene rings is 3. The number of aliphatic hydroxyl groups is 1. The molecule has 34 heavy (non-hydrogen) atoms. The van der Waals surface area contributed by atoms with E-state index in [4.69, 9.17) is 9.84 Å². The lowest BCUT2D eigenvalue weighted by molar-refractivity contribution is 0.0497. The molecule has 0 aromatic heterocycles. The van der Waals surface area contributed by atoms with E-state index < -0.39 is 0 Å². The molecule has 0 spiro atoms. The monoisotopic (exact) mass is 458 g/mol. The lowest BCUT2D eigenvalue weighted by Crippen LogP contribution is -2.06. The SMILES string of the molecule is O=C(OCCCCCCCCCCCCO)c1ccc(-c2ccccc2-c2ccccc2)cc1. The molecule has 0 heterocycles. The Bertz CT molecular complexity index is 963. The fourth-order valence-electron chi connectivity index (χ4n) is 4.27. The van der Waals surface area contributed by atoms with Crippen LogP contribution in [0.4, 0.5) is 0 Å². The second-order valence-corrected chi connectivity index (χ2v) is 8.88. The molecule has 0 amide bonds. The van der Waals surface area contributed by atoms with E-state index in [1.165, 1.54) is 49.7 Å². The van der Waals surface area contributed by atoms with E-state index in [1.807, 2.05) is 48.5 Å². The van der Waals surface area contributed by atoms with Crippen LogP contribution in [0.15, 0.2) is 78.9 Å². The van der Waals surface area contributed by atoms with Crippen LogP contribution in [0.1, 0.15) is 74.6 Å². The van der Waals surface area contributed by atoms with Crippen molar-refractivity contribution in [3.63, 3.8) is 0 Å². The zero-order valence-electron chi connectivity index (χ0n) is 20.3. The highest BCUT2D eigenvalue weighted by Crippen LogP contribution is 2.32. The minimum Gasteiger partial charge on any atom is -0.462 e. The van der Waals surface area contributed by atoms with Crippen molar-refractivity contribution >= 4 is 5.97 Å². The third kappa shape index (κ3) is 8.46. The summed E-state index contributed by atoms with van der Waals surface area (Å²) in [7, 11) is 0. The van der Waals surface area contributed by atoms with Gasteiger partial charge in [0.05, 0.1) is 12.2 Å². The van der Waals surface area contributed by atoms with Crippen molar-refractivity contribution in [2.24, 2.45) is 0 Å². The zero-order valence-corrected chi connectivity index (χ0v) is 20.3. The maximum absolute atomic E-state index is 12.4. The molecule has 1 N–H and O–H groups in total. The summed E-state index contributed by atoms with van der Waals surface area (Å²) in [5, 5.41) is 8.78. The van der Waals surface area contributed by atoms with E-state index >= 15 is 0 Å². The van der Waals surface area contributed by atoms with Gasteiger partial charge >= 0.3 is 5.97 Å². The maximum atomic E-state index is 12.4. The van der Waals surface area contributed by atoms with Crippen LogP contribution < -0.4 is 0 Å². The normalized spacial score (nSPS) is 10.9. The Morgan fingerprint density at radius 1 is 0.559 bits per heavy atom. The molecule has 0 aliphatic carbocycles. The van der Waals surface area contributed by atoms with Crippen molar-refractivity contribution in [2.45, 2.75) is 64.2 Å². The third-order valence-corrected chi connectivity index (χ3v) is 6.23. The molecule has 3 rings (SSSR count). The van der Waals surface area contributed by atoms with Crippen LogP contribution in [0, 0.1) is 0 Å². The van der Waals surface area contributed by atoms with Crippen LogP contribution in [0.3, 0.4) is 0 Å². The highest BCUT2D eigenvalue weighted by atomic mass is 16.5. The number of esters is 1. The van der Waals surface area contributed by atoms with Gasteiger partial charge in [0.15, 0.2) is 0 Å². The van der Waals surface area contributed by atoms with Gasteiger partial charge in [-0.1, -0.05) is 118 Å². The number of hydrogen-bond donors (Lipinski definition) is 1. The van der Waals surface area contributed by atoms with Gasteiger partial charge in [0.2, 0.25) is 0 Å². The average molecular weight is 459 g/mol. The summed E-state index contributed by atoms with van der Waals surface area (Å²) >= 11 is 0. The number of rotatable bonds is 15. The standard InChI is InChI=1S/C31H38O3/c32-24-14-7-5-3-1-2-4-6-8-15-25-34-31(33)28-22-20-27(21-23-28)30-19-13-12-18-29(30)26-16-10-9-11-17-26/h9-13,16-23,32H,1-8,14-15,24-25H2. The van der Waals surface area contributed by atoms with Crippen LogP contribution in [0.5, 0.6) is 0 Å². The van der Waals surface area contributed by atoms with Gasteiger partial charge in [0.1, 0.15) is 0 Å². The average Bonchev–Trinajstić information content (AvgIpc) is 2.90.